The number of aliphatic hydroxyl groups is 1. The van der Waals surface area contributed by atoms with Crippen LogP contribution in [0.2, 0.25) is 0 Å². The van der Waals surface area contributed by atoms with Crippen molar-refractivity contribution in [3.05, 3.63) is 47.6 Å². The number of rotatable bonds is 25. The van der Waals surface area contributed by atoms with Gasteiger partial charge in [0, 0.05) is 64.2 Å². The molecule has 0 aromatic heterocycles. The lowest BCUT2D eigenvalue weighted by molar-refractivity contribution is -0.265. The number of piperidine rings is 1. The van der Waals surface area contributed by atoms with Gasteiger partial charge in [0.1, 0.15) is 12.1 Å². The van der Waals surface area contributed by atoms with Gasteiger partial charge in [0.25, 0.3) is 11.7 Å². The van der Waals surface area contributed by atoms with Crippen molar-refractivity contribution in [2.45, 2.75) is 181 Å². The average Bonchev–Trinajstić information content (AvgIpc) is 3.26. The Morgan fingerprint density at radius 3 is 2.29 bits per heavy atom. The molecule has 1 unspecified atom stereocenters. The van der Waals surface area contributed by atoms with E-state index in [1.54, 1.807) is 21.1 Å². The molecule has 1 amide bonds. The minimum absolute atomic E-state index is 0.0145. The van der Waals surface area contributed by atoms with E-state index in [1.165, 1.54) is 25.7 Å². The van der Waals surface area contributed by atoms with Crippen molar-refractivity contribution in [3.8, 4) is 0 Å². The summed E-state index contributed by atoms with van der Waals surface area (Å²) >= 11 is 0. The third-order valence-corrected chi connectivity index (χ3v) is 13.9. The zero-order chi connectivity index (χ0) is 46.9. The number of allylic oxidation sites excluding steroid dienone is 6. The third-order valence-electron chi connectivity index (χ3n) is 13.9. The van der Waals surface area contributed by atoms with Crippen LogP contribution in [-0.2, 0) is 38.1 Å². The number of Topliss-reactive ketones (excluding diaryl/α,β-unsaturated/α-hetero) is 2. The maximum Gasteiger partial charge on any atom is 0.326 e. The maximum absolute atomic E-state index is 13.5. The number of hydrogen-bond acceptors (Lipinski definition) is 10. The molecule has 356 valence electrons. The number of nitrogens with one attached hydrogen (secondary N) is 1. The summed E-state index contributed by atoms with van der Waals surface area (Å²) in [6.45, 7) is 14.2. The Hall–Kier alpha value is -3.29. The zero-order valence-corrected chi connectivity index (χ0v) is 40.2. The minimum Gasteiger partial charge on any atom is -0.480 e. The summed E-state index contributed by atoms with van der Waals surface area (Å²) < 4.78 is 23.1. The van der Waals surface area contributed by atoms with Crippen molar-refractivity contribution in [2.24, 2.45) is 35.5 Å². The molecule has 0 spiro atoms. The molecule has 3 N–H and O–H groups in total. The number of hydrogen-bond donors (Lipinski definition) is 3. The number of aliphatic carboxylic acids is 1. The van der Waals surface area contributed by atoms with E-state index >= 15 is 0 Å². The SMILES string of the molecule is CO[C@H]1CCCC(C[C@@H](C)CCC(=N)[C@H](C)/C=C(\C)C[C@@H](OC)C(=O)[C@H](C)C[C@H](C)/C=C/C=C/C=C(\C)[C@H](C[C@@H]2CC[C@@H](C)[C@](O)(C(=O)C(=O)N3CCCC[C@H]3C(=O)O)O2)OC)C1. The molecular weight excluding hydrogens is 801 g/mol. The number of ether oxygens (including phenoxy) is 4. The van der Waals surface area contributed by atoms with Crippen molar-refractivity contribution in [1.29, 1.82) is 5.41 Å². The fraction of sp³-hybridized carbons (Fsp3) is 0.745. The lowest BCUT2D eigenvalue weighted by atomic mass is 9.80. The molecular formula is C51H82N2O10. The van der Waals surface area contributed by atoms with E-state index in [0.29, 0.717) is 57.0 Å². The molecule has 0 radical (unpaired) electrons. The van der Waals surface area contributed by atoms with Crippen LogP contribution in [0.15, 0.2) is 47.6 Å². The molecule has 1 aliphatic carbocycles. The van der Waals surface area contributed by atoms with E-state index in [1.807, 2.05) is 52.2 Å². The number of carbonyl (C=O) groups excluding carboxylic acids is 3. The van der Waals surface area contributed by atoms with Gasteiger partial charge in [-0.2, -0.15) is 0 Å². The molecule has 3 aliphatic rings. The molecule has 63 heavy (non-hydrogen) atoms. The van der Waals surface area contributed by atoms with Crippen LogP contribution in [0.4, 0.5) is 0 Å². The van der Waals surface area contributed by atoms with E-state index < -0.39 is 47.6 Å². The highest BCUT2D eigenvalue weighted by Crippen LogP contribution is 2.37. The lowest BCUT2D eigenvalue weighted by Crippen LogP contribution is -2.60. The van der Waals surface area contributed by atoms with Crippen LogP contribution in [0, 0.1) is 40.9 Å². The monoisotopic (exact) mass is 883 g/mol. The first-order chi connectivity index (χ1) is 29.8. The molecule has 1 saturated carbocycles. The van der Waals surface area contributed by atoms with Gasteiger partial charge in [-0.25, -0.2) is 4.79 Å². The third kappa shape index (κ3) is 16.6. The zero-order valence-electron chi connectivity index (χ0n) is 40.2. The number of nitrogens with zero attached hydrogens (tertiary/aromatic N) is 1. The quantitative estimate of drug-likeness (QED) is 0.0347. The number of carbonyl (C=O) groups is 4. The number of amides is 1. The summed E-state index contributed by atoms with van der Waals surface area (Å²) in [6.07, 6.45) is 22.7. The van der Waals surface area contributed by atoms with Crippen LogP contribution in [0.3, 0.4) is 0 Å². The highest BCUT2D eigenvalue weighted by atomic mass is 16.6. The fourth-order valence-corrected chi connectivity index (χ4v) is 9.80. The molecule has 2 saturated heterocycles. The van der Waals surface area contributed by atoms with Crippen LogP contribution >= 0.6 is 0 Å². The highest BCUT2D eigenvalue weighted by molar-refractivity contribution is 6.39. The van der Waals surface area contributed by atoms with Crippen LogP contribution in [0.5, 0.6) is 0 Å². The Bertz CT molecular complexity index is 1640. The van der Waals surface area contributed by atoms with Gasteiger partial charge < -0.3 is 39.5 Å². The molecule has 2 heterocycles. The summed E-state index contributed by atoms with van der Waals surface area (Å²) in [5.41, 5.74) is 2.71. The van der Waals surface area contributed by atoms with Crippen LogP contribution in [0.1, 0.15) is 145 Å². The van der Waals surface area contributed by atoms with Gasteiger partial charge in [-0.1, -0.05) is 89.5 Å². The fourth-order valence-electron chi connectivity index (χ4n) is 9.80. The molecule has 12 atom stereocenters. The number of carboxylic acid groups (broad SMARTS) is 1. The number of likely N-dealkylation sites (tertiary alicyclic amines) is 1. The molecule has 0 aromatic rings. The van der Waals surface area contributed by atoms with E-state index in [9.17, 15) is 29.4 Å². The Morgan fingerprint density at radius 2 is 1.62 bits per heavy atom. The topological polar surface area (TPSA) is 173 Å². The molecule has 3 rings (SSSR count). The van der Waals surface area contributed by atoms with E-state index in [0.717, 1.165) is 46.9 Å². The van der Waals surface area contributed by atoms with E-state index in [4.69, 9.17) is 24.4 Å². The number of methoxy groups -OCH3 is 3. The highest BCUT2D eigenvalue weighted by Gasteiger charge is 2.52. The molecule has 0 bridgehead atoms. The van der Waals surface area contributed by atoms with Crippen molar-refractivity contribution < 1.29 is 48.3 Å². The summed E-state index contributed by atoms with van der Waals surface area (Å²) in [4.78, 5) is 53.0. The normalized spacial score (nSPS) is 28.0. The van der Waals surface area contributed by atoms with Crippen molar-refractivity contribution in [1.82, 2.24) is 4.90 Å². The molecule has 12 heteroatoms. The van der Waals surface area contributed by atoms with Gasteiger partial charge in [0.15, 0.2) is 5.78 Å². The van der Waals surface area contributed by atoms with Gasteiger partial charge in [-0.05, 0) is 108 Å². The second-order valence-corrected chi connectivity index (χ2v) is 19.3. The minimum atomic E-state index is -2.35. The first kappa shape index (κ1) is 54.0. The van der Waals surface area contributed by atoms with Crippen molar-refractivity contribution in [2.75, 3.05) is 27.9 Å². The first-order valence-electron chi connectivity index (χ1n) is 23.7. The number of ketones is 2. The Kier molecular flexibility index (Phi) is 22.8. The Labute approximate surface area is 378 Å². The predicted molar refractivity (Wildman–Crippen MR) is 247 cm³/mol. The molecule has 12 nitrogen and oxygen atoms in total. The van der Waals surface area contributed by atoms with Gasteiger partial charge >= 0.3 is 5.97 Å². The summed E-state index contributed by atoms with van der Waals surface area (Å²) in [5, 5.41) is 29.9. The molecule has 3 fully saturated rings. The number of carboxylic acids is 1. The first-order valence-corrected chi connectivity index (χ1v) is 23.7. The average molecular weight is 883 g/mol. The lowest BCUT2D eigenvalue weighted by Gasteiger charge is -2.42. The standard InChI is InChI=1S/C51H82N2O10/c1-33(27-38(6)47(54)46(62-10)30-35(3)28-37(5)43(52)25-22-34(2)29-40-19-16-20-41(31-40)60-8)17-12-11-13-18-36(4)45(61-9)32-42-24-23-39(7)51(59,63-42)48(55)49(56)53-26-15-14-21-44(53)50(57)58/h11-13,17-18,28,33-34,37-42,44-46,52,59H,14-16,19-27,29-32H2,1-10H3,(H,57,58)/b13-11+,17-12+,35-28+,36-18+,52-43?/t33-,34+,37-,38-,39-,40?,41+,42+,44+,45+,46-,51-/m1/s1. The molecule has 2 aliphatic heterocycles. The van der Waals surface area contributed by atoms with Crippen LogP contribution < -0.4 is 0 Å². The predicted octanol–water partition coefficient (Wildman–Crippen LogP) is 9.24. The smallest absolute Gasteiger partial charge is 0.326 e. The van der Waals surface area contributed by atoms with E-state index in [-0.39, 0.29) is 42.6 Å². The van der Waals surface area contributed by atoms with Crippen molar-refractivity contribution >= 4 is 29.2 Å². The Balaban J connectivity index is 1.46. The van der Waals surface area contributed by atoms with Crippen LogP contribution in [0.25, 0.3) is 0 Å². The second kappa shape index (κ2) is 26.6. The summed E-state index contributed by atoms with van der Waals surface area (Å²) in [5.74, 6) is -4.96. The van der Waals surface area contributed by atoms with Gasteiger partial charge in [0.2, 0.25) is 5.79 Å². The second-order valence-electron chi connectivity index (χ2n) is 19.3. The maximum atomic E-state index is 13.5. The summed E-state index contributed by atoms with van der Waals surface area (Å²) in [7, 11) is 5.00. The molecule has 0 aromatic carbocycles. The summed E-state index contributed by atoms with van der Waals surface area (Å²) in [6, 6.07) is -1.10. The largest absolute Gasteiger partial charge is 0.480 e. The van der Waals surface area contributed by atoms with Gasteiger partial charge in [-0.3, -0.25) is 14.4 Å². The van der Waals surface area contributed by atoms with Crippen LogP contribution in [-0.4, -0.2) is 108 Å². The van der Waals surface area contributed by atoms with Crippen molar-refractivity contribution in [3.63, 3.8) is 0 Å². The van der Waals surface area contributed by atoms with Gasteiger partial charge in [0.05, 0.1) is 18.3 Å². The van der Waals surface area contributed by atoms with Gasteiger partial charge in [-0.15, -0.1) is 0 Å². The Morgan fingerprint density at radius 1 is 0.905 bits per heavy atom. The van der Waals surface area contributed by atoms with E-state index in [2.05, 4.69) is 32.9 Å².